The van der Waals surface area contributed by atoms with Crippen LogP contribution in [0.3, 0.4) is 0 Å². The lowest BCUT2D eigenvalue weighted by atomic mass is 10.3. The zero-order valence-corrected chi connectivity index (χ0v) is 15.3. The number of carbonyl (C=O) groups excluding carboxylic acids is 1. The number of carbonyl (C=O) groups is 1. The molecule has 0 saturated carbocycles. The summed E-state index contributed by atoms with van der Waals surface area (Å²) in [6.07, 6.45) is 1.67. The van der Waals surface area contributed by atoms with Gasteiger partial charge in [0.1, 0.15) is 10.6 Å². The van der Waals surface area contributed by atoms with Crippen molar-refractivity contribution in [3.8, 4) is 5.75 Å². The SMILES string of the molecule is COc1c(Br)cc(Cl)cc1S(=O)(=O)NNC(=O)c1cccn1C. The number of hydrogen-bond donors (Lipinski definition) is 2. The molecular weight excluding hydrogens is 410 g/mol. The van der Waals surface area contributed by atoms with E-state index < -0.39 is 15.9 Å². The highest BCUT2D eigenvalue weighted by Crippen LogP contribution is 2.35. The summed E-state index contributed by atoms with van der Waals surface area (Å²) >= 11 is 9.06. The Balaban J connectivity index is 2.26. The molecular formula is C13H13BrClN3O4S. The highest BCUT2D eigenvalue weighted by molar-refractivity contribution is 9.10. The van der Waals surface area contributed by atoms with E-state index in [1.54, 1.807) is 29.9 Å². The van der Waals surface area contributed by atoms with Gasteiger partial charge in [-0.3, -0.25) is 10.2 Å². The molecule has 1 heterocycles. The quantitative estimate of drug-likeness (QED) is 0.722. The fourth-order valence-corrected chi connectivity index (χ4v) is 4.09. The second kappa shape index (κ2) is 6.91. The maximum absolute atomic E-state index is 12.4. The van der Waals surface area contributed by atoms with E-state index in [2.05, 4.69) is 21.4 Å². The Morgan fingerprint density at radius 2 is 2.09 bits per heavy atom. The van der Waals surface area contributed by atoms with Gasteiger partial charge in [-0.05, 0) is 40.2 Å². The smallest absolute Gasteiger partial charge is 0.282 e. The van der Waals surface area contributed by atoms with Crippen LogP contribution in [-0.2, 0) is 17.1 Å². The monoisotopic (exact) mass is 421 g/mol. The number of ether oxygens (including phenoxy) is 1. The molecule has 0 unspecified atom stereocenters. The number of hydrogen-bond acceptors (Lipinski definition) is 4. The predicted octanol–water partition coefficient (Wildman–Crippen LogP) is 2.07. The average molecular weight is 423 g/mol. The Morgan fingerprint density at radius 3 is 2.65 bits per heavy atom. The van der Waals surface area contributed by atoms with E-state index in [4.69, 9.17) is 16.3 Å². The highest BCUT2D eigenvalue weighted by Gasteiger charge is 2.23. The Bertz CT molecular complexity index is 851. The van der Waals surface area contributed by atoms with Crippen molar-refractivity contribution in [1.29, 1.82) is 0 Å². The number of hydrazine groups is 1. The molecule has 0 atom stereocenters. The molecule has 10 heteroatoms. The molecule has 0 aliphatic rings. The first kappa shape index (κ1) is 17.8. The number of nitrogens with one attached hydrogen (secondary N) is 2. The molecule has 7 nitrogen and oxygen atoms in total. The molecule has 2 rings (SSSR count). The average Bonchev–Trinajstić information content (AvgIpc) is 2.90. The van der Waals surface area contributed by atoms with Gasteiger partial charge in [0, 0.05) is 18.3 Å². The number of methoxy groups -OCH3 is 1. The predicted molar refractivity (Wildman–Crippen MR) is 88.9 cm³/mol. The van der Waals surface area contributed by atoms with Crippen molar-refractivity contribution >= 4 is 43.5 Å². The van der Waals surface area contributed by atoms with E-state index in [0.717, 1.165) is 0 Å². The van der Waals surface area contributed by atoms with Gasteiger partial charge >= 0.3 is 0 Å². The number of sulfonamides is 1. The molecule has 23 heavy (non-hydrogen) atoms. The van der Waals surface area contributed by atoms with Crippen molar-refractivity contribution in [3.63, 3.8) is 0 Å². The third kappa shape index (κ3) is 3.86. The molecule has 0 aliphatic carbocycles. The molecule has 0 bridgehead atoms. The van der Waals surface area contributed by atoms with E-state index in [-0.39, 0.29) is 15.7 Å². The van der Waals surface area contributed by atoms with Crippen LogP contribution in [0, 0.1) is 0 Å². The summed E-state index contributed by atoms with van der Waals surface area (Å²) < 4.78 is 31.8. The van der Waals surface area contributed by atoms with Crippen LogP contribution in [0.4, 0.5) is 0 Å². The van der Waals surface area contributed by atoms with E-state index in [9.17, 15) is 13.2 Å². The van der Waals surface area contributed by atoms with Gasteiger partial charge in [-0.25, -0.2) is 8.42 Å². The molecule has 2 aromatic rings. The summed E-state index contributed by atoms with van der Waals surface area (Å²) in [5.41, 5.74) is 2.44. The summed E-state index contributed by atoms with van der Waals surface area (Å²) in [5, 5.41) is 0.201. The van der Waals surface area contributed by atoms with E-state index in [1.165, 1.54) is 19.2 Å². The Labute approximate surface area is 146 Å². The number of benzene rings is 1. The minimum absolute atomic E-state index is 0.0787. The summed E-state index contributed by atoms with van der Waals surface area (Å²) in [6.45, 7) is 0. The second-order valence-corrected chi connectivity index (χ2v) is 7.42. The number of aryl methyl sites for hydroxylation is 1. The molecule has 1 aromatic carbocycles. The fourth-order valence-electron chi connectivity index (χ4n) is 1.86. The lowest BCUT2D eigenvalue weighted by Crippen LogP contribution is -2.42. The van der Waals surface area contributed by atoms with Crippen LogP contribution < -0.4 is 15.0 Å². The van der Waals surface area contributed by atoms with E-state index >= 15 is 0 Å². The van der Waals surface area contributed by atoms with Gasteiger partial charge in [-0.2, -0.15) is 0 Å². The molecule has 1 amide bonds. The molecule has 0 aliphatic heterocycles. The minimum Gasteiger partial charge on any atom is -0.494 e. The van der Waals surface area contributed by atoms with E-state index in [0.29, 0.717) is 10.2 Å². The number of halogens is 2. The normalized spacial score (nSPS) is 11.3. The maximum Gasteiger partial charge on any atom is 0.282 e. The summed E-state index contributed by atoms with van der Waals surface area (Å²) in [4.78, 5) is 13.8. The Morgan fingerprint density at radius 1 is 1.39 bits per heavy atom. The summed E-state index contributed by atoms with van der Waals surface area (Å²) in [7, 11) is -1.08. The van der Waals surface area contributed by atoms with Gasteiger partial charge in [-0.15, -0.1) is 4.83 Å². The van der Waals surface area contributed by atoms with Gasteiger partial charge in [0.2, 0.25) is 0 Å². The molecule has 0 spiro atoms. The first-order chi connectivity index (χ1) is 10.8. The zero-order valence-electron chi connectivity index (χ0n) is 12.1. The molecule has 0 saturated heterocycles. The first-order valence-electron chi connectivity index (χ1n) is 6.23. The van der Waals surface area contributed by atoms with Gasteiger partial charge in [0.05, 0.1) is 11.6 Å². The van der Waals surface area contributed by atoms with Crippen molar-refractivity contribution in [1.82, 2.24) is 14.8 Å². The third-order valence-corrected chi connectivity index (χ3v) is 5.00. The van der Waals surface area contributed by atoms with Crippen LogP contribution in [-0.4, -0.2) is 26.0 Å². The topological polar surface area (TPSA) is 89.4 Å². The van der Waals surface area contributed by atoms with Crippen molar-refractivity contribution in [2.75, 3.05) is 7.11 Å². The maximum atomic E-state index is 12.4. The molecule has 1 aromatic heterocycles. The van der Waals surface area contributed by atoms with Gasteiger partial charge in [-0.1, -0.05) is 11.6 Å². The van der Waals surface area contributed by atoms with Gasteiger partial charge in [0.15, 0.2) is 5.75 Å². The van der Waals surface area contributed by atoms with Crippen molar-refractivity contribution in [2.24, 2.45) is 7.05 Å². The van der Waals surface area contributed by atoms with Crippen LogP contribution in [0.1, 0.15) is 10.5 Å². The van der Waals surface area contributed by atoms with Crippen LogP contribution >= 0.6 is 27.5 Å². The van der Waals surface area contributed by atoms with Crippen LogP contribution in [0.2, 0.25) is 5.02 Å². The minimum atomic E-state index is -4.08. The van der Waals surface area contributed by atoms with Crippen LogP contribution in [0.5, 0.6) is 5.75 Å². The molecule has 2 N–H and O–H groups in total. The van der Waals surface area contributed by atoms with Crippen molar-refractivity contribution in [3.05, 3.63) is 45.7 Å². The number of aromatic nitrogens is 1. The first-order valence-corrected chi connectivity index (χ1v) is 8.88. The largest absolute Gasteiger partial charge is 0.494 e. The number of amides is 1. The number of nitrogens with zero attached hydrogens (tertiary/aromatic N) is 1. The lowest BCUT2D eigenvalue weighted by molar-refractivity contribution is 0.0937. The molecule has 0 fully saturated rings. The van der Waals surface area contributed by atoms with Gasteiger partial charge < -0.3 is 9.30 Å². The number of rotatable bonds is 5. The Kier molecular flexibility index (Phi) is 5.35. The standard InChI is InChI=1S/C13H13BrClN3O4S/c1-18-5-3-4-10(18)13(19)16-17-23(20,21)11-7-8(15)6-9(14)12(11)22-2/h3-7,17H,1-2H3,(H,16,19). The molecule has 0 radical (unpaired) electrons. The van der Waals surface area contributed by atoms with Crippen molar-refractivity contribution in [2.45, 2.75) is 4.90 Å². The Hall–Kier alpha value is -1.55. The third-order valence-electron chi connectivity index (χ3n) is 2.94. The molecule has 124 valence electrons. The second-order valence-electron chi connectivity index (χ2n) is 4.48. The lowest BCUT2D eigenvalue weighted by Gasteiger charge is -2.13. The van der Waals surface area contributed by atoms with Crippen LogP contribution in [0.25, 0.3) is 0 Å². The summed E-state index contributed by atoms with van der Waals surface area (Å²) in [6, 6.07) is 5.95. The van der Waals surface area contributed by atoms with Crippen molar-refractivity contribution < 1.29 is 17.9 Å². The zero-order chi connectivity index (χ0) is 17.2. The summed E-state index contributed by atoms with van der Waals surface area (Å²) in [5.74, 6) is -0.517. The van der Waals surface area contributed by atoms with Gasteiger partial charge in [0.25, 0.3) is 15.9 Å². The van der Waals surface area contributed by atoms with Crippen LogP contribution in [0.15, 0.2) is 39.8 Å². The highest BCUT2D eigenvalue weighted by atomic mass is 79.9. The fraction of sp³-hybridized carbons (Fsp3) is 0.154. The van der Waals surface area contributed by atoms with E-state index in [1.807, 2.05) is 4.83 Å².